The average Bonchev–Trinajstić information content (AvgIpc) is 2.39. The molecule has 1 N–H and O–H groups in total. The Morgan fingerprint density at radius 1 is 1.21 bits per heavy atom. The molecule has 0 aliphatic carbocycles. The largest absolute Gasteiger partial charge is 0.278 e. The fourth-order valence-corrected chi connectivity index (χ4v) is 1.46. The summed E-state index contributed by atoms with van der Waals surface area (Å²) in [6, 6.07) is 11.9. The minimum atomic E-state index is -0.485. The van der Waals surface area contributed by atoms with Crippen LogP contribution in [0.15, 0.2) is 53.6 Å². The first-order valence-electron chi connectivity index (χ1n) is 5.44. The Balaban J connectivity index is 2.06. The summed E-state index contributed by atoms with van der Waals surface area (Å²) in [4.78, 5) is 10.1. The molecule has 2 aromatic rings. The first-order chi connectivity index (χ1) is 9.15. The van der Waals surface area contributed by atoms with Crippen molar-refractivity contribution in [2.24, 2.45) is 5.10 Å². The molecule has 0 unspecified atom stereocenters. The van der Waals surface area contributed by atoms with Gasteiger partial charge >= 0.3 is 0 Å². The van der Waals surface area contributed by atoms with Gasteiger partial charge in [-0.25, -0.2) is 4.39 Å². The van der Waals surface area contributed by atoms with Gasteiger partial charge in [0.2, 0.25) is 0 Å². The van der Waals surface area contributed by atoms with E-state index in [0.717, 1.165) is 0 Å². The minimum absolute atomic E-state index is 0.0223. The summed E-state index contributed by atoms with van der Waals surface area (Å²) in [6.45, 7) is 0. The zero-order valence-electron chi connectivity index (χ0n) is 9.79. The molecule has 0 aliphatic rings. The molecule has 0 bridgehead atoms. The van der Waals surface area contributed by atoms with Gasteiger partial charge in [0, 0.05) is 12.1 Å². The summed E-state index contributed by atoms with van der Waals surface area (Å²) >= 11 is 0. The minimum Gasteiger partial charge on any atom is -0.278 e. The van der Waals surface area contributed by atoms with Crippen LogP contribution in [0.25, 0.3) is 0 Å². The van der Waals surface area contributed by atoms with E-state index >= 15 is 0 Å². The maximum Gasteiger partial charge on any atom is 0.271 e. The highest BCUT2D eigenvalue weighted by Crippen LogP contribution is 2.16. The highest BCUT2D eigenvalue weighted by molar-refractivity contribution is 5.80. The normalized spacial score (nSPS) is 10.6. The number of hydrogen-bond acceptors (Lipinski definition) is 4. The number of anilines is 1. The van der Waals surface area contributed by atoms with Gasteiger partial charge in [-0.1, -0.05) is 18.2 Å². The predicted octanol–water partition coefficient (Wildman–Crippen LogP) is 3.18. The molecule has 6 heteroatoms. The summed E-state index contributed by atoms with van der Waals surface area (Å²) in [7, 11) is 0. The molecule has 19 heavy (non-hydrogen) atoms. The zero-order chi connectivity index (χ0) is 13.7. The second kappa shape index (κ2) is 5.72. The van der Waals surface area contributed by atoms with Crippen LogP contribution < -0.4 is 5.43 Å². The lowest BCUT2D eigenvalue weighted by Gasteiger charge is -1.99. The lowest BCUT2D eigenvalue weighted by Crippen LogP contribution is -1.93. The first-order valence-corrected chi connectivity index (χ1v) is 5.44. The maximum absolute atomic E-state index is 12.9. The van der Waals surface area contributed by atoms with E-state index < -0.39 is 4.92 Å². The number of halogens is 1. The van der Waals surface area contributed by atoms with E-state index in [0.29, 0.717) is 11.3 Å². The fourth-order valence-electron chi connectivity index (χ4n) is 1.46. The van der Waals surface area contributed by atoms with Crippen molar-refractivity contribution in [3.05, 3.63) is 70.0 Å². The van der Waals surface area contributed by atoms with Crippen LogP contribution in [0, 0.1) is 15.9 Å². The third kappa shape index (κ3) is 3.60. The Kier molecular flexibility index (Phi) is 3.82. The standard InChI is InChI=1S/C13H10FN3O2/c14-11-4-1-3-10(7-11)9-15-16-12-5-2-6-13(8-12)17(18)19/h1-9,16H. The van der Waals surface area contributed by atoms with Crippen molar-refractivity contribution in [1.29, 1.82) is 0 Å². The summed E-state index contributed by atoms with van der Waals surface area (Å²) in [5, 5.41) is 14.5. The van der Waals surface area contributed by atoms with Crippen molar-refractivity contribution in [2.75, 3.05) is 5.43 Å². The van der Waals surface area contributed by atoms with Gasteiger partial charge in [-0.15, -0.1) is 0 Å². The highest BCUT2D eigenvalue weighted by atomic mass is 19.1. The van der Waals surface area contributed by atoms with Gasteiger partial charge in [0.1, 0.15) is 5.82 Å². The van der Waals surface area contributed by atoms with Crippen LogP contribution in [0.3, 0.4) is 0 Å². The van der Waals surface area contributed by atoms with Crippen molar-refractivity contribution >= 4 is 17.6 Å². The summed E-state index contributed by atoms with van der Waals surface area (Å²) < 4.78 is 12.9. The Morgan fingerprint density at radius 3 is 2.74 bits per heavy atom. The van der Waals surface area contributed by atoms with E-state index in [1.165, 1.54) is 30.5 Å². The molecule has 0 aliphatic heterocycles. The van der Waals surface area contributed by atoms with Crippen molar-refractivity contribution in [2.45, 2.75) is 0 Å². The van der Waals surface area contributed by atoms with Crippen LogP contribution in [0.5, 0.6) is 0 Å². The topological polar surface area (TPSA) is 67.5 Å². The Bertz CT molecular complexity index is 629. The zero-order valence-corrected chi connectivity index (χ0v) is 9.79. The van der Waals surface area contributed by atoms with Gasteiger partial charge in [0.25, 0.3) is 5.69 Å². The molecule has 0 amide bonds. The molecular weight excluding hydrogens is 249 g/mol. The Morgan fingerprint density at radius 2 is 2.00 bits per heavy atom. The van der Waals surface area contributed by atoms with Crippen molar-refractivity contribution in [1.82, 2.24) is 0 Å². The van der Waals surface area contributed by atoms with E-state index in [1.54, 1.807) is 24.3 Å². The number of hydrogen-bond donors (Lipinski definition) is 1. The van der Waals surface area contributed by atoms with Gasteiger partial charge < -0.3 is 0 Å². The van der Waals surface area contributed by atoms with E-state index in [9.17, 15) is 14.5 Å². The molecule has 0 fully saturated rings. The highest BCUT2D eigenvalue weighted by Gasteiger charge is 2.04. The number of nitro benzene ring substituents is 1. The molecule has 5 nitrogen and oxygen atoms in total. The molecule has 0 atom stereocenters. The van der Waals surface area contributed by atoms with Gasteiger partial charge in [0.15, 0.2) is 0 Å². The SMILES string of the molecule is O=[N+]([O-])c1cccc(NN=Cc2cccc(F)c2)c1. The van der Waals surface area contributed by atoms with Gasteiger partial charge in [0.05, 0.1) is 16.8 Å². The van der Waals surface area contributed by atoms with Crippen molar-refractivity contribution in [3.63, 3.8) is 0 Å². The third-order valence-corrected chi connectivity index (χ3v) is 2.31. The van der Waals surface area contributed by atoms with Crippen LogP contribution in [0.1, 0.15) is 5.56 Å². The first kappa shape index (κ1) is 12.7. The number of rotatable bonds is 4. The van der Waals surface area contributed by atoms with E-state index in [-0.39, 0.29) is 11.5 Å². The Labute approximate surface area is 108 Å². The number of benzene rings is 2. The van der Waals surface area contributed by atoms with Crippen molar-refractivity contribution in [3.8, 4) is 0 Å². The molecule has 0 aromatic heterocycles. The number of nitro groups is 1. The monoisotopic (exact) mass is 259 g/mol. The maximum atomic E-state index is 12.9. The van der Waals surface area contributed by atoms with E-state index in [2.05, 4.69) is 10.5 Å². The van der Waals surface area contributed by atoms with Gasteiger partial charge in [-0.05, 0) is 23.8 Å². The van der Waals surface area contributed by atoms with Crippen LogP contribution >= 0.6 is 0 Å². The van der Waals surface area contributed by atoms with Crippen LogP contribution in [-0.2, 0) is 0 Å². The summed E-state index contributed by atoms with van der Waals surface area (Å²) in [5.74, 6) is -0.348. The van der Waals surface area contributed by atoms with Gasteiger partial charge in [-0.3, -0.25) is 15.5 Å². The molecule has 2 rings (SSSR count). The molecule has 2 aromatic carbocycles. The molecule has 0 radical (unpaired) electrons. The molecular formula is C13H10FN3O2. The number of nitrogens with zero attached hydrogens (tertiary/aromatic N) is 2. The second-order valence-electron chi connectivity index (χ2n) is 3.73. The molecule has 0 spiro atoms. The van der Waals surface area contributed by atoms with Crippen LogP contribution in [-0.4, -0.2) is 11.1 Å². The van der Waals surface area contributed by atoms with Crippen molar-refractivity contribution < 1.29 is 9.31 Å². The molecule has 0 heterocycles. The Hall–Kier alpha value is -2.76. The second-order valence-corrected chi connectivity index (χ2v) is 3.73. The quantitative estimate of drug-likeness (QED) is 0.521. The lowest BCUT2D eigenvalue weighted by atomic mass is 10.2. The number of non-ortho nitro benzene ring substituents is 1. The molecule has 96 valence electrons. The van der Waals surface area contributed by atoms with Crippen LogP contribution in [0.2, 0.25) is 0 Å². The van der Waals surface area contributed by atoms with E-state index in [4.69, 9.17) is 0 Å². The number of hydrazone groups is 1. The predicted molar refractivity (Wildman–Crippen MR) is 70.7 cm³/mol. The summed E-state index contributed by atoms with van der Waals surface area (Å²) in [6.07, 6.45) is 1.43. The third-order valence-electron chi connectivity index (χ3n) is 2.31. The van der Waals surface area contributed by atoms with E-state index in [1.807, 2.05) is 0 Å². The van der Waals surface area contributed by atoms with Gasteiger partial charge in [-0.2, -0.15) is 5.10 Å². The molecule has 0 saturated carbocycles. The van der Waals surface area contributed by atoms with Crippen LogP contribution in [0.4, 0.5) is 15.8 Å². The molecule has 0 saturated heterocycles. The fraction of sp³-hybridized carbons (Fsp3) is 0. The lowest BCUT2D eigenvalue weighted by molar-refractivity contribution is -0.384. The smallest absolute Gasteiger partial charge is 0.271 e. The number of nitrogens with one attached hydrogen (secondary N) is 1. The summed E-state index contributed by atoms with van der Waals surface area (Å²) in [5.41, 5.74) is 3.71. The average molecular weight is 259 g/mol.